The monoisotopic (exact) mass is 163 g/mol. The van der Waals surface area contributed by atoms with E-state index in [-0.39, 0.29) is 0 Å². The van der Waals surface area contributed by atoms with Gasteiger partial charge in [0.05, 0.1) is 0 Å². The lowest BCUT2D eigenvalue weighted by molar-refractivity contribution is 0.445. The molecule has 0 aromatic rings. The molecule has 0 aromatic carbocycles. The maximum absolute atomic E-state index is 7.22. The molecule has 2 aliphatic carbocycles. The third-order valence-corrected chi connectivity index (χ3v) is 3.70. The molecule has 66 valence electrons. The Kier molecular flexibility index (Phi) is 1.82. The van der Waals surface area contributed by atoms with Crippen LogP contribution in [0.1, 0.15) is 20.3 Å². The Hall–Kier alpha value is -0.590. The predicted octanol–water partition coefficient (Wildman–Crippen LogP) is 2.73. The Morgan fingerprint density at radius 3 is 2.83 bits per heavy atom. The highest BCUT2D eigenvalue weighted by Gasteiger charge is 2.47. The fourth-order valence-electron chi connectivity index (χ4n) is 2.45. The minimum Gasteiger partial charge on any atom is -0.313 e. The second-order valence-corrected chi connectivity index (χ2v) is 4.41. The summed E-state index contributed by atoms with van der Waals surface area (Å²) in [6.07, 6.45) is 7.62. The van der Waals surface area contributed by atoms with E-state index in [1.54, 1.807) is 6.21 Å². The summed E-state index contributed by atoms with van der Waals surface area (Å²) in [5, 5.41) is 7.22. The molecule has 5 atom stereocenters. The van der Waals surface area contributed by atoms with Crippen LogP contribution in [0.3, 0.4) is 0 Å². The van der Waals surface area contributed by atoms with E-state index < -0.39 is 0 Å². The van der Waals surface area contributed by atoms with Gasteiger partial charge in [0.15, 0.2) is 0 Å². The maximum atomic E-state index is 7.22. The van der Waals surface area contributed by atoms with Crippen LogP contribution in [-0.2, 0) is 0 Å². The Bertz CT molecular complexity index is 219. The van der Waals surface area contributed by atoms with Gasteiger partial charge in [-0.2, -0.15) is 0 Å². The average Bonchev–Trinajstić information content (AvgIpc) is 2.76. The van der Waals surface area contributed by atoms with Crippen LogP contribution < -0.4 is 0 Å². The fourth-order valence-corrected chi connectivity index (χ4v) is 2.45. The summed E-state index contributed by atoms with van der Waals surface area (Å²) in [5.41, 5.74) is 0. The van der Waals surface area contributed by atoms with E-state index >= 15 is 0 Å². The van der Waals surface area contributed by atoms with Gasteiger partial charge in [-0.15, -0.1) is 0 Å². The smallest absolute Gasteiger partial charge is 0.00136 e. The van der Waals surface area contributed by atoms with E-state index in [1.807, 2.05) is 0 Å². The van der Waals surface area contributed by atoms with Crippen LogP contribution in [-0.4, -0.2) is 6.21 Å². The largest absolute Gasteiger partial charge is 0.313 e. The van der Waals surface area contributed by atoms with Gasteiger partial charge in [-0.05, 0) is 42.2 Å². The minimum absolute atomic E-state index is 0.440. The summed E-state index contributed by atoms with van der Waals surface area (Å²) in [6.45, 7) is 4.49. The molecule has 2 rings (SSSR count). The van der Waals surface area contributed by atoms with E-state index in [9.17, 15) is 0 Å². The zero-order valence-electron chi connectivity index (χ0n) is 7.83. The lowest BCUT2D eigenvalue weighted by atomic mass is 9.86. The van der Waals surface area contributed by atoms with Gasteiger partial charge in [0, 0.05) is 0 Å². The molecule has 1 heteroatoms. The summed E-state index contributed by atoms with van der Waals surface area (Å²) in [4.78, 5) is 0. The first-order chi connectivity index (χ1) is 5.74. The molecule has 0 spiro atoms. The van der Waals surface area contributed by atoms with Crippen molar-refractivity contribution in [3.05, 3.63) is 12.2 Å². The Morgan fingerprint density at radius 2 is 2.25 bits per heavy atom. The van der Waals surface area contributed by atoms with Gasteiger partial charge in [-0.1, -0.05) is 26.0 Å². The molecule has 0 amide bonds. The highest BCUT2D eigenvalue weighted by atomic mass is 14.5. The van der Waals surface area contributed by atoms with Crippen LogP contribution in [0.4, 0.5) is 0 Å². The van der Waals surface area contributed by atoms with Crippen LogP contribution in [0.25, 0.3) is 0 Å². The van der Waals surface area contributed by atoms with Crippen LogP contribution in [0.15, 0.2) is 12.2 Å². The molecule has 1 saturated carbocycles. The molecule has 4 unspecified atom stereocenters. The second-order valence-electron chi connectivity index (χ2n) is 4.41. The van der Waals surface area contributed by atoms with Crippen molar-refractivity contribution >= 4 is 6.21 Å². The van der Waals surface area contributed by atoms with E-state index in [2.05, 4.69) is 26.0 Å². The first kappa shape index (κ1) is 8.03. The van der Waals surface area contributed by atoms with E-state index in [4.69, 9.17) is 5.41 Å². The molecule has 12 heavy (non-hydrogen) atoms. The Labute approximate surface area is 74.4 Å². The minimum atomic E-state index is 0.440. The summed E-state index contributed by atoms with van der Waals surface area (Å²) in [7, 11) is 0. The maximum Gasteiger partial charge on any atom is -0.00136 e. The highest BCUT2D eigenvalue weighted by molar-refractivity contribution is 5.57. The predicted molar refractivity (Wildman–Crippen MR) is 51.3 cm³/mol. The molecular weight excluding hydrogens is 146 g/mol. The van der Waals surface area contributed by atoms with Crippen LogP contribution in [0.5, 0.6) is 0 Å². The first-order valence-corrected chi connectivity index (χ1v) is 4.93. The lowest BCUT2D eigenvalue weighted by Crippen LogP contribution is -2.13. The standard InChI is InChI=1S/C11H17N/c1-7(6-12)9-3-4-10-8(2)11(10)5-9/h3-4,6-12H,5H2,1-2H3/t7-,8?,9?,10?,11?/m1/s1. The molecule has 1 nitrogen and oxygen atoms in total. The molecule has 2 aliphatic rings. The SMILES string of the molecule is CC1C2C=CC([C@H](C)C=N)CC12. The van der Waals surface area contributed by atoms with Crippen molar-refractivity contribution in [1.29, 1.82) is 5.41 Å². The van der Waals surface area contributed by atoms with Gasteiger partial charge in [0.25, 0.3) is 0 Å². The molecule has 0 aliphatic heterocycles. The molecule has 0 heterocycles. The van der Waals surface area contributed by atoms with E-state index in [0.717, 1.165) is 17.8 Å². The van der Waals surface area contributed by atoms with Gasteiger partial charge in [-0.3, -0.25) is 0 Å². The van der Waals surface area contributed by atoms with Crippen molar-refractivity contribution in [3.63, 3.8) is 0 Å². The zero-order chi connectivity index (χ0) is 8.72. The molecule has 0 radical (unpaired) electrons. The van der Waals surface area contributed by atoms with Crippen molar-refractivity contribution in [2.45, 2.75) is 20.3 Å². The normalized spacial score (nSPS) is 46.5. The Balaban J connectivity index is 2.00. The van der Waals surface area contributed by atoms with Crippen molar-refractivity contribution in [2.75, 3.05) is 0 Å². The zero-order valence-corrected chi connectivity index (χ0v) is 7.83. The molecule has 1 N–H and O–H groups in total. The summed E-state index contributed by atoms with van der Waals surface area (Å²) < 4.78 is 0. The fraction of sp³-hybridized carbons (Fsp3) is 0.727. The Morgan fingerprint density at radius 1 is 1.50 bits per heavy atom. The summed E-state index contributed by atoms with van der Waals surface area (Å²) in [6, 6.07) is 0. The van der Waals surface area contributed by atoms with Gasteiger partial charge in [0.1, 0.15) is 0 Å². The van der Waals surface area contributed by atoms with Gasteiger partial charge in [0.2, 0.25) is 0 Å². The number of hydrogen-bond donors (Lipinski definition) is 1. The van der Waals surface area contributed by atoms with Crippen molar-refractivity contribution < 1.29 is 0 Å². The number of nitrogens with one attached hydrogen (secondary N) is 1. The van der Waals surface area contributed by atoms with Crippen molar-refractivity contribution in [2.24, 2.45) is 29.6 Å². The molecule has 0 saturated heterocycles. The van der Waals surface area contributed by atoms with Gasteiger partial charge >= 0.3 is 0 Å². The van der Waals surface area contributed by atoms with Crippen molar-refractivity contribution in [1.82, 2.24) is 0 Å². The lowest BCUT2D eigenvalue weighted by Gasteiger charge is -2.19. The molecule has 1 fully saturated rings. The van der Waals surface area contributed by atoms with E-state index in [0.29, 0.717) is 11.8 Å². The third-order valence-electron chi connectivity index (χ3n) is 3.70. The molecular formula is C11H17N. The average molecular weight is 163 g/mol. The first-order valence-electron chi connectivity index (χ1n) is 4.93. The summed E-state index contributed by atoms with van der Waals surface area (Å²) in [5.74, 6) is 3.84. The van der Waals surface area contributed by atoms with Crippen LogP contribution >= 0.6 is 0 Å². The molecule has 0 bridgehead atoms. The number of fused-ring (bicyclic) bond motifs is 1. The van der Waals surface area contributed by atoms with Crippen LogP contribution in [0.2, 0.25) is 0 Å². The van der Waals surface area contributed by atoms with Crippen molar-refractivity contribution in [3.8, 4) is 0 Å². The number of allylic oxidation sites excluding steroid dienone is 2. The highest BCUT2D eigenvalue weighted by Crippen LogP contribution is 2.54. The number of hydrogen-bond acceptors (Lipinski definition) is 1. The quantitative estimate of drug-likeness (QED) is 0.478. The van der Waals surface area contributed by atoms with E-state index in [1.165, 1.54) is 6.42 Å². The van der Waals surface area contributed by atoms with Gasteiger partial charge in [-0.25, -0.2) is 0 Å². The second kappa shape index (κ2) is 2.72. The van der Waals surface area contributed by atoms with Crippen LogP contribution in [0, 0.1) is 35.0 Å². The molecule has 0 aromatic heterocycles. The summed E-state index contributed by atoms with van der Waals surface area (Å²) >= 11 is 0. The number of rotatable bonds is 2. The van der Waals surface area contributed by atoms with Gasteiger partial charge < -0.3 is 5.41 Å². The topological polar surface area (TPSA) is 23.9 Å². The third kappa shape index (κ3) is 1.12.